The predicted octanol–water partition coefficient (Wildman–Crippen LogP) is 2.10. The molecular formula is C11H7N3O2S. The Labute approximate surface area is 101 Å². The summed E-state index contributed by atoms with van der Waals surface area (Å²) in [6, 6.07) is 8.43. The Balaban J connectivity index is 2.29. The van der Waals surface area contributed by atoms with Crippen molar-refractivity contribution in [2.45, 2.75) is 0 Å². The minimum absolute atomic E-state index is 0.114. The van der Waals surface area contributed by atoms with Gasteiger partial charge in [-0.3, -0.25) is 9.78 Å². The molecule has 0 bridgehead atoms. The summed E-state index contributed by atoms with van der Waals surface area (Å²) >= 11 is 4.75. The molecular weight excluding hydrogens is 238 g/mol. The molecule has 0 aliphatic carbocycles. The van der Waals surface area contributed by atoms with E-state index in [1.807, 2.05) is 6.07 Å². The maximum absolute atomic E-state index is 11.4. The zero-order valence-electron chi connectivity index (χ0n) is 8.56. The molecule has 2 rings (SSSR count). The topological polar surface area (TPSA) is 81.7 Å². The molecule has 0 aliphatic heterocycles. The molecule has 0 aliphatic rings. The molecule has 17 heavy (non-hydrogen) atoms. The lowest BCUT2D eigenvalue weighted by molar-refractivity contribution is 0.471. The molecule has 0 saturated carbocycles. The van der Waals surface area contributed by atoms with Gasteiger partial charge in [-0.15, -0.1) is 0 Å². The number of aromatic nitrogens is 2. The minimum Gasteiger partial charge on any atom is -0.450 e. The van der Waals surface area contributed by atoms with Gasteiger partial charge in [-0.1, -0.05) is 0 Å². The van der Waals surface area contributed by atoms with Crippen molar-refractivity contribution in [2.24, 2.45) is 0 Å². The number of ether oxygens (including phenoxy) is 1. The Morgan fingerprint density at radius 1 is 1.29 bits per heavy atom. The van der Waals surface area contributed by atoms with Crippen LogP contribution < -0.4 is 10.3 Å². The van der Waals surface area contributed by atoms with E-state index in [-0.39, 0.29) is 10.5 Å². The van der Waals surface area contributed by atoms with Crippen LogP contribution in [0.5, 0.6) is 11.5 Å². The quantitative estimate of drug-likeness (QED) is 0.794. The summed E-state index contributed by atoms with van der Waals surface area (Å²) < 4.78 is 5.57. The first kappa shape index (κ1) is 11.1. The van der Waals surface area contributed by atoms with Gasteiger partial charge >= 0.3 is 0 Å². The standard InChI is InChI=1S/C11H7N3O2S/c12-5-7-1-3-8(4-2-7)16-9-6-13-11(17)14-10(9)15/h1-4,6H,(H2,13,14,15,17). The third kappa shape index (κ3) is 2.59. The highest BCUT2D eigenvalue weighted by molar-refractivity contribution is 7.71. The highest BCUT2D eigenvalue weighted by atomic mass is 32.1. The van der Waals surface area contributed by atoms with Crippen molar-refractivity contribution in [3.63, 3.8) is 0 Å². The third-order valence-corrected chi connectivity index (χ3v) is 2.22. The average molecular weight is 245 g/mol. The second-order valence-electron chi connectivity index (χ2n) is 3.17. The van der Waals surface area contributed by atoms with E-state index in [2.05, 4.69) is 9.97 Å². The minimum atomic E-state index is -0.405. The number of H-pyrrole nitrogens is 2. The lowest BCUT2D eigenvalue weighted by Gasteiger charge is -2.03. The van der Waals surface area contributed by atoms with Gasteiger partial charge in [-0.2, -0.15) is 5.26 Å². The first-order chi connectivity index (χ1) is 8.19. The summed E-state index contributed by atoms with van der Waals surface area (Å²) in [6.07, 6.45) is 1.39. The zero-order chi connectivity index (χ0) is 12.3. The van der Waals surface area contributed by atoms with Crippen LogP contribution in [-0.2, 0) is 0 Å². The van der Waals surface area contributed by atoms with E-state index < -0.39 is 5.56 Å². The SMILES string of the molecule is N#Cc1ccc(Oc2c[nH]c(=S)[nH]c2=O)cc1. The number of hydrogen-bond acceptors (Lipinski definition) is 4. The van der Waals surface area contributed by atoms with E-state index in [4.69, 9.17) is 22.2 Å². The second kappa shape index (κ2) is 4.63. The third-order valence-electron chi connectivity index (χ3n) is 2.00. The summed E-state index contributed by atoms with van der Waals surface area (Å²) in [5.74, 6) is 0.586. The highest BCUT2D eigenvalue weighted by Gasteiger charge is 2.02. The van der Waals surface area contributed by atoms with Crippen LogP contribution in [-0.4, -0.2) is 9.97 Å². The van der Waals surface area contributed by atoms with E-state index in [9.17, 15) is 4.79 Å². The predicted molar refractivity (Wildman–Crippen MR) is 63.5 cm³/mol. The molecule has 0 spiro atoms. The molecule has 6 heteroatoms. The van der Waals surface area contributed by atoms with Gasteiger partial charge in [0.1, 0.15) is 5.75 Å². The van der Waals surface area contributed by atoms with Crippen LogP contribution in [0.15, 0.2) is 35.3 Å². The number of benzene rings is 1. The molecule has 2 N–H and O–H groups in total. The van der Waals surface area contributed by atoms with Gasteiger partial charge in [-0.25, -0.2) is 0 Å². The molecule has 2 aromatic rings. The van der Waals surface area contributed by atoms with E-state index in [0.717, 1.165) is 0 Å². The molecule has 5 nitrogen and oxygen atoms in total. The van der Waals surface area contributed by atoms with Crippen LogP contribution in [0.3, 0.4) is 0 Å². The van der Waals surface area contributed by atoms with E-state index in [1.54, 1.807) is 24.3 Å². The molecule has 1 aromatic carbocycles. The molecule has 1 aromatic heterocycles. The molecule has 0 fully saturated rings. The van der Waals surface area contributed by atoms with Crippen LogP contribution in [0.25, 0.3) is 0 Å². The van der Waals surface area contributed by atoms with Gasteiger partial charge in [0.15, 0.2) is 4.77 Å². The fraction of sp³-hybridized carbons (Fsp3) is 0. The van der Waals surface area contributed by atoms with Gasteiger partial charge in [0.05, 0.1) is 17.8 Å². The van der Waals surface area contributed by atoms with Crippen molar-refractivity contribution in [3.8, 4) is 17.6 Å². The van der Waals surface area contributed by atoms with Crippen molar-refractivity contribution in [2.75, 3.05) is 0 Å². The maximum Gasteiger partial charge on any atom is 0.294 e. The van der Waals surface area contributed by atoms with Crippen molar-refractivity contribution >= 4 is 12.2 Å². The number of rotatable bonds is 2. The van der Waals surface area contributed by atoms with Crippen LogP contribution in [0, 0.1) is 16.1 Å². The average Bonchev–Trinajstić information content (AvgIpc) is 2.34. The highest BCUT2D eigenvalue weighted by Crippen LogP contribution is 2.17. The Morgan fingerprint density at radius 3 is 2.59 bits per heavy atom. The summed E-state index contributed by atoms with van der Waals surface area (Å²) in [7, 11) is 0. The maximum atomic E-state index is 11.4. The molecule has 0 atom stereocenters. The van der Waals surface area contributed by atoms with E-state index in [0.29, 0.717) is 11.3 Å². The number of hydrogen-bond donors (Lipinski definition) is 2. The Kier molecular flexibility index (Phi) is 3.03. The molecule has 0 radical (unpaired) electrons. The van der Waals surface area contributed by atoms with Crippen LogP contribution in [0.1, 0.15) is 5.56 Å². The smallest absolute Gasteiger partial charge is 0.294 e. The summed E-state index contributed by atoms with van der Waals surface area (Å²) in [5.41, 5.74) is 0.122. The monoisotopic (exact) mass is 245 g/mol. The Hall–Kier alpha value is -2.39. The van der Waals surface area contributed by atoms with Gasteiger partial charge in [0.2, 0.25) is 5.75 Å². The lowest BCUT2D eigenvalue weighted by Crippen LogP contribution is -2.09. The van der Waals surface area contributed by atoms with E-state index in [1.165, 1.54) is 6.20 Å². The van der Waals surface area contributed by atoms with Crippen molar-refractivity contribution in [3.05, 3.63) is 51.2 Å². The largest absolute Gasteiger partial charge is 0.450 e. The van der Waals surface area contributed by atoms with Crippen molar-refractivity contribution in [1.29, 1.82) is 5.26 Å². The molecule has 0 saturated heterocycles. The lowest BCUT2D eigenvalue weighted by atomic mass is 10.2. The summed E-state index contributed by atoms with van der Waals surface area (Å²) in [6.45, 7) is 0. The van der Waals surface area contributed by atoms with Crippen LogP contribution in [0.4, 0.5) is 0 Å². The van der Waals surface area contributed by atoms with Gasteiger partial charge < -0.3 is 9.72 Å². The second-order valence-corrected chi connectivity index (χ2v) is 3.58. The van der Waals surface area contributed by atoms with Crippen LogP contribution >= 0.6 is 12.2 Å². The molecule has 84 valence electrons. The van der Waals surface area contributed by atoms with Crippen molar-refractivity contribution < 1.29 is 4.74 Å². The molecule has 1 heterocycles. The fourth-order valence-electron chi connectivity index (χ4n) is 1.20. The zero-order valence-corrected chi connectivity index (χ0v) is 9.38. The van der Waals surface area contributed by atoms with Gasteiger partial charge in [-0.05, 0) is 36.5 Å². The number of aromatic amines is 2. The fourth-order valence-corrected chi connectivity index (χ4v) is 1.35. The van der Waals surface area contributed by atoms with E-state index >= 15 is 0 Å². The molecule has 0 amide bonds. The summed E-state index contributed by atoms with van der Waals surface area (Å²) in [5, 5.41) is 8.63. The Morgan fingerprint density at radius 2 is 2.00 bits per heavy atom. The first-order valence-corrected chi connectivity index (χ1v) is 5.10. The van der Waals surface area contributed by atoms with Gasteiger partial charge in [0, 0.05) is 0 Å². The van der Waals surface area contributed by atoms with Crippen LogP contribution in [0.2, 0.25) is 0 Å². The first-order valence-electron chi connectivity index (χ1n) is 4.69. The number of nitrogens with zero attached hydrogens (tertiary/aromatic N) is 1. The Bertz CT molecular complexity index is 679. The number of nitriles is 1. The number of nitrogens with one attached hydrogen (secondary N) is 2. The summed E-state index contributed by atoms with van der Waals surface area (Å²) in [4.78, 5) is 16.5. The van der Waals surface area contributed by atoms with Crippen molar-refractivity contribution in [1.82, 2.24) is 9.97 Å². The molecule has 0 unspecified atom stereocenters. The van der Waals surface area contributed by atoms with Gasteiger partial charge in [0.25, 0.3) is 5.56 Å². The normalized spacial score (nSPS) is 9.59.